The number of primary amides is 1. The third-order valence-electron chi connectivity index (χ3n) is 3.48. The van der Waals surface area contributed by atoms with Gasteiger partial charge in [0, 0.05) is 6.42 Å². The Morgan fingerprint density at radius 3 is 2.52 bits per heavy atom. The maximum Gasteiger partial charge on any atom is 0.243 e. The molecule has 2 fully saturated rings. The molecule has 120 valence electrons. The second kappa shape index (κ2) is 6.29. The van der Waals surface area contributed by atoms with Crippen LogP contribution in [0.15, 0.2) is 0 Å². The molecular formula is C14H24N2O5. The fourth-order valence-corrected chi connectivity index (χ4v) is 2.66. The molecule has 2 amide bonds. The first-order valence-corrected chi connectivity index (χ1v) is 7.19. The van der Waals surface area contributed by atoms with Gasteiger partial charge < -0.3 is 25.3 Å². The predicted molar refractivity (Wildman–Crippen MR) is 74.4 cm³/mol. The first-order chi connectivity index (χ1) is 9.76. The first kappa shape index (κ1) is 16.2. The molecule has 21 heavy (non-hydrogen) atoms. The highest BCUT2D eigenvalue weighted by Crippen LogP contribution is 2.29. The lowest BCUT2D eigenvalue weighted by atomic mass is 9.91. The lowest BCUT2D eigenvalue weighted by molar-refractivity contribution is -0.127. The molecular weight excluding hydrogens is 276 g/mol. The smallest absolute Gasteiger partial charge is 0.243 e. The lowest BCUT2D eigenvalue weighted by Gasteiger charge is -2.21. The van der Waals surface area contributed by atoms with E-state index in [9.17, 15) is 9.59 Å². The van der Waals surface area contributed by atoms with Gasteiger partial charge in [-0.2, -0.15) is 0 Å². The van der Waals surface area contributed by atoms with Crippen molar-refractivity contribution < 1.29 is 23.8 Å². The van der Waals surface area contributed by atoms with Crippen LogP contribution in [0.3, 0.4) is 0 Å². The van der Waals surface area contributed by atoms with Gasteiger partial charge in [-0.1, -0.05) is 20.8 Å². The number of hydrogen-bond donors (Lipinski definition) is 2. The highest BCUT2D eigenvalue weighted by Gasteiger charge is 2.48. The van der Waals surface area contributed by atoms with E-state index in [1.165, 1.54) is 0 Å². The van der Waals surface area contributed by atoms with Gasteiger partial charge in [0.2, 0.25) is 11.8 Å². The molecule has 0 spiro atoms. The van der Waals surface area contributed by atoms with E-state index in [1.54, 1.807) is 0 Å². The lowest BCUT2D eigenvalue weighted by Crippen LogP contribution is -2.45. The standard InChI is InChI=1S/C14H24N2O5/c1-14(2,3)4-11(18)16-8-5-20-13-9(6-21-12(8)13)19-7-10(15)17/h8-9,12-13H,4-7H2,1-3H3,(H2,15,17)(H,16,18)/t8-,9+,12+,13+/m0/s1. The normalized spacial score (nSPS) is 32.0. The van der Waals surface area contributed by atoms with E-state index in [0.717, 1.165) is 0 Å². The molecule has 2 aliphatic rings. The average molecular weight is 300 g/mol. The van der Waals surface area contributed by atoms with Crippen LogP contribution in [-0.4, -0.2) is 56.0 Å². The summed E-state index contributed by atoms with van der Waals surface area (Å²) in [6.45, 7) is 6.62. The Morgan fingerprint density at radius 1 is 1.24 bits per heavy atom. The Bertz CT molecular complexity index is 407. The summed E-state index contributed by atoms with van der Waals surface area (Å²) in [4.78, 5) is 22.7. The third kappa shape index (κ3) is 4.39. The topological polar surface area (TPSA) is 99.9 Å². The molecule has 0 aromatic heterocycles. The molecule has 7 nitrogen and oxygen atoms in total. The molecule has 0 aliphatic carbocycles. The van der Waals surface area contributed by atoms with Crippen molar-refractivity contribution in [3.05, 3.63) is 0 Å². The maximum atomic E-state index is 12.0. The minimum absolute atomic E-state index is 0.0122. The zero-order valence-electron chi connectivity index (χ0n) is 12.8. The van der Waals surface area contributed by atoms with E-state index in [4.69, 9.17) is 19.9 Å². The van der Waals surface area contributed by atoms with Gasteiger partial charge in [0.1, 0.15) is 24.9 Å². The zero-order valence-corrected chi connectivity index (χ0v) is 12.8. The summed E-state index contributed by atoms with van der Waals surface area (Å²) in [5, 5.41) is 2.96. The molecule has 2 aliphatic heterocycles. The van der Waals surface area contributed by atoms with Crippen LogP contribution in [-0.2, 0) is 23.8 Å². The SMILES string of the molecule is CC(C)(C)CC(=O)N[C@H]1CO[C@H]2[C@@H]1OC[C@H]2OCC(N)=O. The quantitative estimate of drug-likeness (QED) is 0.718. The van der Waals surface area contributed by atoms with Crippen LogP contribution in [0.1, 0.15) is 27.2 Å². The molecule has 4 atom stereocenters. The number of carbonyl (C=O) groups excluding carboxylic acids is 2. The van der Waals surface area contributed by atoms with Crippen molar-refractivity contribution in [3.8, 4) is 0 Å². The van der Waals surface area contributed by atoms with Gasteiger partial charge in [-0.3, -0.25) is 9.59 Å². The molecule has 0 saturated carbocycles. The van der Waals surface area contributed by atoms with Gasteiger partial charge in [-0.15, -0.1) is 0 Å². The van der Waals surface area contributed by atoms with E-state index < -0.39 is 5.91 Å². The fraction of sp³-hybridized carbons (Fsp3) is 0.857. The summed E-state index contributed by atoms with van der Waals surface area (Å²) in [6, 6.07) is -0.174. The summed E-state index contributed by atoms with van der Waals surface area (Å²) in [5.74, 6) is -0.534. The molecule has 0 bridgehead atoms. The molecule has 2 saturated heterocycles. The molecule has 0 unspecified atom stereocenters. The third-order valence-corrected chi connectivity index (χ3v) is 3.48. The van der Waals surface area contributed by atoms with E-state index in [0.29, 0.717) is 19.6 Å². The van der Waals surface area contributed by atoms with Crippen molar-refractivity contribution in [2.75, 3.05) is 19.8 Å². The highest BCUT2D eigenvalue weighted by molar-refractivity contribution is 5.77. The van der Waals surface area contributed by atoms with Crippen molar-refractivity contribution in [1.29, 1.82) is 0 Å². The van der Waals surface area contributed by atoms with E-state index in [-0.39, 0.29) is 42.3 Å². The summed E-state index contributed by atoms with van der Waals surface area (Å²) >= 11 is 0. The highest BCUT2D eigenvalue weighted by atomic mass is 16.6. The maximum absolute atomic E-state index is 12.0. The van der Waals surface area contributed by atoms with Crippen LogP contribution >= 0.6 is 0 Å². The van der Waals surface area contributed by atoms with Crippen LogP contribution in [0.4, 0.5) is 0 Å². The van der Waals surface area contributed by atoms with Crippen LogP contribution in [0.25, 0.3) is 0 Å². The zero-order chi connectivity index (χ0) is 15.6. The molecule has 3 N–H and O–H groups in total. The van der Waals surface area contributed by atoms with Crippen LogP contribution in [0.2, 0.25) is 0 Å². The minimum atomic E-state index is -0.522. The number of hydrogen-bond acceptors (Lipinski definition) is 5. The second-order valence-corrected chi connectivity index (χ2v) is 6.82. The predicted octanol–water partition coefficient (Wildman–Crippen LogP) is -0.424. The molecule has 2 heterocycles. The summed E-state index contributed by atoms with van der Waals surface area (Å²) in [7, 11) is 0. The van der Waals surface area contributed by atoms with Gasteiger partial charge in [-0.05, 0) is 5.41 Å². The van der Waals surface area contributed by atoms with Crippen LogP contribution < -0.4 is 11.1 Å². The number of carbonyl (C=O) groups is 2. The van der Waals surface area contributed by atoms with Crippen molar-refractivity contribution in [3.63, 3.8) is 0 Å². The fourth-order valence-electron chi connectivity index (χ4n) is 2.66. The number of nitrogens with two attached hydrogens (primary N) is 1. The molecule has 7 heteroatoms. The van der Waals surface area contributed by atoms with E-state index in [1.807, 2.05) is 20.8 Å². The molecule has 0 aromatic carbocycles. The van der Waals surface area contributed by atoms with Crippen molar-refractivity contribution in [1.82, 2.24) is 5.32 Å². The van der Waals surface area contributed by atoms with Crippen LogP contribution in [0, 0.1) is 5.41 Å². The van der Waals surface area contributed by atoms with Gasteiger partial charge >= 0.3 is 0 Å². The van der Waals surface area contributed by atoms with E-state index in [2.05, 4.69) is 5.32 Å². The molecule has 2 rings (SSSR count). The monoisotopic (exact) mass is 300 g/mol. The van der Waals surface area contributed by atoms with Gasteiger partial charge in [0.05, 0.1) is 19.3 Å². The molecule has 0 radical (unpaired) electrons. The number of nitrogens with one attached hydrogen (secondary N) is 1. The first-order valence-electron chi connectivity index (χ1n) is 7.19. The molecule has 0 aromatic rings. The Balaban J connectivity index is 1.84. The summed E-state index contributed by atoms with van der Waals surface area (Å²) < 4.78 is 16.7. The van der Waals surface area contributed by atoms with Gasteiger partial charge in [0.15, 0.2) is 0 Å². The van der Waals surface area contributed by atoms with Crippen LogP contribution in [0.5, 0.6) is 0 Å². The van der Waals surface area contributed by atoms with Gasteiger partial charge in [-0.25, -0.2) is 0 Å². The number of amides is 2. The number of ether oxygens (including phenoxy) is 3. The largest absolute Gasteiger partial charge is 0.370 e. The number of rotatable bonds is 5. The second-order valence-electron chi connectivity index (χ2n) is 6.82. The Labute approximate surface area is 124 Å². The summed E-state index contributed by atoms with van der Waals surface area (Å²) in [6.07, 6.45) is -0.356. The van der Waals surface area contributed by atoms with Gasteiger partial charge in [0.25, 0.3) is 0 Å². The average Bonchev–Trinajstić information content (AvgIpc) is 2.87. The van der Waals surface area contributed by atoms with E-state index >= 15 is 0 Å². The Hall–Kier alpha value is -1.18. The van der Waals surface area contributed by atoms with Crippen molar-refractivity contribution in [2.45, 2.75) is 51.5 Å². The Morgan fingerprint density at radius 2 is 1.90 bits per heavy atom. The van der Waals surface area contributed by atoms with Crippen molar-refractivity contribution >= 4 is 11.8 Å². The minimum Gasteiger partial charge on any atom is -0.370 e. The van der Waals surface area contributed by atoms with Crippen molar-refractivity contribution in [2.24, 2.45) is 11.1 Å². The summed E-state index contributed by atoms with van der Waals surface area (Å²) in [5.41, 5.74) is 4.99. The number of fused-ring (bicyclic) bond motifs is 1. The Kier molecular flexibility index (Phi) is 4.85.